The average Bonchev–Trinajstić information content (AvgIpc) is 2.46. The fraction of sp³-hybridized carbons (Fsp3) is 0.0588. The van der Waals surface area contributed by atoms with E-state index < -0.39 is 0 Å². The third kappa shape index (κ3) is 1.28. The van der Waals surface area contributed by atoms with Crippen molar-refractivity contribution < 1.29 is 4.74 Å². The van der Waals surface area contributed by atoms with Crippen LogP contribution in [0.4, 0.5) is 0 Å². The van der Waals surface area contributed by atoms with Gasteiger partial charge in [-0.05, 0) is 22.4 Å². The summed E-state index contributed by atoms with van der Waals surface area (Å²) in [6.07, 6.45) is 0. The lowest BCUT2D eigenvalue weighted by Crippen LogP contribution is -2.05. The highest BCUT2D eigenvalue weighted by Gasteiger charge is 2.18. The summed E-state index contributed by atoms with van der Waals surface area (Å²) in [7, 11) is 0. The molecule has 1 heteroatoms. The fourth-order valence-corrected chi connectivity index (χ4v) is 2.71. The van der Waals surface area contributed by atoms with Gasteiger partial charge in [-0.3, -0.25) is 0 Å². The molecule has 3 aromatic rings. The summed E-state index contributed by atoms with van der Waals surface area (Å²) in [5.41, 5.74) is 3.80. The standard InChI is InChI=1S/C17H12O/c1-2-6-13-12(5-1)9-10-14-15-7-3-4-8-17(15)18-11-16(13)14/h1-10H,11H2. The van der Waals surface area contributed by atoms with E-state index in [0.717, 1.165) is 5.75 Å². The maximum atomic E-state index is 5.86. The molecule has 0 amide bonds. The van der Waals surface area contributed by atoms with Crippen LogP contribution in [0.3, 0.4) is 0 Å². The van der Waals surface area contributed by atoms with Crippen molar-refractivity contribution in [3.63, 3.8) is 0 Å². The molecule has 0 unspecified atom stereocenters. The first kappa shape index (κ1) is 9.72. The van der Waals surface area contributed by atoms with Gasteiger partial charge in [0.2, 0.25) is 0 Å². The highest BCUT2D eigenvalue weighted by Crippen LogP contribution is 2.39. The molecule has 0 atom stereocenters. The second-order valence-corrected chi connectivity index (χ2v) is 4.60. The Balaban J connectivity index is 2.09. The van der Waals surface area contributed by atoms with Gasteiger partial charge in [-0.1, -0.05) is 54.6 Å². The van der Waals surface area contributed by atoms with Crippen molar-refractivity contribution >= 4 is 10.8 Å². The molecule has 1 aliphatic heterocycles. The van der Waals surface area contributed by atoms with Crippen LogP contribution < -0.4 is 4.74 Å². The molecule has 0 aliphatic carbocycles. The van der Waals surface area contributed by atoms with Crippen LogP contribution in [0.5, 0.6) is 5.75 Å². The van der Waals surface area contributed by atoms with Gasteiger partial charge in [-0.25, -0.2) is 0 Å². The Morgan fingerprint density at radius 1 is 0.722 bits per heavy atom. The summed E-state index contributed by atoms with van der Waals surface area (Å²) in [4.78, 5) is 0. The molecule has 1 nitrogen and oxygen atoms in total. The van der Waals surface area contributed by atoms with Gasteiger partial charge in [-0.2, -0.15) is 0 Å². The number of para-hydroxylation sites is 1. The van der Waals surface area contributed by atoms with Crippen molar-refractivity contribution in [2.45, 2.75) is 6.61 Å². The first-order valence-corrected chi connectivity index (χ1v) is 6.16. The molecule has 4 rings (SSSR count). The second kappa shape index (κ2) is 3.61. The minimum atomic E-state index is 0.660. The number of fused-ring (bicyclic) bond motifs is 5. The quantitative estimate of drug-likeness (QED) is 0.558. The Bertz CT molecular complexity index is 743. The molecule has 1 aliphatic rings. The molecular formula is C17H12O. The predicted molar refractivity (Wildman–Crippen MR) is 73.7 cm³/mol. The molecule has 0 spiro atoms. The summed E-state index contributed by atoms with van der Waals surface area (Å²) in [5.74, 6) is 0.986. The van der Waals surface area contributed by atoms with E-state index in [-0.39, 0.29) is 0 Å². The predicted octanol–water partition coefficient (Wildman–Crippen LogP) is 4.40. The Hall–Kier alpha value is -2.28. The number of benzene rings is 3. The normalized spacial score (nSPS) is 12.7. The van der Waals surface area contributed by atoms with Gasteiger partial charge in [-0.15, -0.1) is 0 Å². The van der Waals surface area contributed by atoms with E-state index in [2.05, 4.69) is 48.5 Å². The topological polar surface area (TPSA) is 9.23 Å². The van der Waals surface area contributed by atoms with Crippen LogP contribution in [0.1, 0.15) is 5.56 Å². The van der Waals surface area contributed by atoms with Gasteiger partial charge in [0.25, 0.3) is 0 Å². The Morgan fingerprint density at radius 2 is 1.56 bits per heavy atom. The van der Waals surface area contributed by atoms with Crippen LogP contribution in [0.25, 0.3) is 21.9 Å². The van der Waals surface area contributed by atoms with Crippen LogP contribution in [-0.4, -0.2) is 0 Å². The minimum Gasteiger partial charge on any atom is -0.488 e. The van der Waals surface area contributed by atoms with Crippen LogP contribution in [0.2, 0.25) is 0 Å². The van der Waals surface area contributed by atoms with E-state index in [9.17, 15) is 0 Å². The number of ether oxygens (including phenoxy) is 1. The third-order valence-electron chi connectivity index (χ3n) is 3.59. The first-order valence-electron chi connectivity index (χ1n) is 6.16. The number of hydrogen-bond acceptors (Lipinski definition) is 1. The van der Waals surface area contributed by atoms with E-state index in [0.29, 0.717) is 6.61 Å². The smallest absolute Gasteiger partial charge is 0.127 e. The largest absolute Gasteiger partial charge is 0.488 e. The summed E-state index contributed by atoms with van der Waals surface area (Å²) < 4.78 is 5.86. The van der Waals surface area contributed by atoms with Crippen molar-refractivity contribution in [3.8, 4) is 16.9 Å². The Labute approximate surface area is 106 Å². The Morgan fingerprint density at radius 3 is 2.56 bits per heavy atom. The zero-order valence-electron chi connectivity index (χ0n) is 9.89. The average molecular weight is 232 g/mol. The van der Waals surface area contributed by atoms with E-state index in [1.54, 1.807) is 0 Å². The summed E-state index contributed by atoms with van der Waals surface area (Å²) >= 11 is 0. The maximum absolute atomic E-state index is 5.86. The molecule has 18 heavy (non-hydrogen) atoms. The maximum Gasteiger partial charge on any atom is 0.127 e. The number of hydrogen-bond donors (Lipinski definition) is 0. The highest BCUT2D eigenvalue weighted by molar-refractivity contribution is 5.93. The molecule has 0 saturated heterocycles. The van der Waals surface area contributed by atoms with E-state index >= 15 is 0 Å². The molecule has 0 bridgehead atoms. The first-order chi connectivity index (χ1) is 8.93. The van der Waals surface area contributed by atoms with E-state index in [1.165, 1.54) is 27.5 Å². The van der Waals surface area contributed by atoms with Crippen molar-refractivity contribution in [2.24, 2.45) is 0 Å². The zero-order chi connectivity index (χ0) is 11.9. The lowest BCUT2D eigenvalue weighted by molar-refractivity contribution is 0.304. The van der Waals surface area contributed by atoms with Crippen LogP contribution in [0.15, 0.2) is 60.7 Å². The monoisotopic (exact) mass is 232 g/mol. The fourth-order valence-electron chi connectivity index (χ4n) is 2.71. The van der Waals surface area contributed by atoms with Crippen LogP contribution in [0, 0.1) is 0 Å². The molecule has 0 N–H and O–H groups in total. The minimum absolute atomic E-state index is 0.660. The molecule has 0 aromatic heterocycles. The summed E-state index contributed by atoms with van der Waals surface area (Å²) in [5, 5.41) is 2.57. The van der Waals surface area contributed by atoms with Crippen molar-refractivity contribution in [1.29, 1.82) is 0 Å². The van der Waals surface area contributed by atoms with Crippen molar-refractivity contribution in [1.82, 2.24) is 0 Å². The lowest BCUT2D eigenvalue weighted by atomic mass is 9.92. The van der Waals surface area contributed by atoms with Crippen LogP contribution >= 0.6 is 0 Å². The molecule has 86 valence electrons. The van der Waals surface area contributed by atoms with Gasteiger partial charge in [0, 0.05) is 11.1 Å². The van der Waals surface area contributed by atoms with E-state index in [1.807, 2.05) is 12.1 Å². The van der Waals surface area contributed by atoms with Gasteiger partial charge in [0.1, 0.15) is 12.4 Å². The van der Waals surface area contributed by atoms with Gasteiger partial charge in [0.15, 0.2) is 0 Å². The van der Waals surface area contributed by atoms with E-state index in [4.69, 9.17) is 4.74 Å². The lowest BCUT2D eigenvalue weighted by Gasteiger charge is -2.22. The molecule has 0 fully saturated rings. The third-order valence-corrected chi connectivity index (χ3v) is 3.59. The van der Waals surface area contributed by atoms with Crippen molar-refractivity contribution in [3.05, 3.63) is 66.2 Å². The van der Waals surface area contributed by atoms with Crippen molar-refractivity contribution in [2.75, 3.05) is 0 Å². The molecule has 0 saturated carbocycles. The molecule has 0 radical (unpaired) electrons. The molecule has 3 aromatic carbocycles. The number of rotatable bonds is 0. The second-order valence-electron chi connectivity index (χ2n) is 4.60. The summed E-state index contributed by atoms with van der Waals surface area (Å²) in [6.45, 7) is 0.660. The Kier molecular flexibility index (Phi) is 1.95. The molecule has 1 heterocycles. The van der Waals surface area contributed by atoms with Gasteiger partial charge < -0.3 is 4.74 Å². The summed E-state index contributed by atoms with van der Waals surface area (Å²) in [6, 6.07) is 21.1. The zero-order valence-corrected chi connectivity index (χ0v) is 9.89. The molecular weight excluding hydrogens is 220 g/mol. The highest BCUT2D eigenvalue weighted by atomic mass is 16.5. The SMILES string of the molecule is c1ccc2c(c1)OCc1c-2ccc2ccccc12. The van der Waals surface area contributed by atoms with Crippen LogP contribution in [-0.2, 0) is 6.61 Å². The van der Waals surface area contributed by atoms with Gasteiger partial charge >= 0.3 is 0 Å². The van der Waals surface area contributed by atoms with Gasteiger partial charge in [0.05, 0.1) is 0 Å².